The molecule has 8 heteroatoms. The highest BCUT2D eigenvalue weighted by atomic mass is 32.1. The van der Waals surface area contributed by atoms with E-state index in [2.05, 4.69) is 5.32 Å². The minimum Gasteiger partial charge on any atom is -0.332 e. The molecule has 0 saturated carbocycles. The molecule has 2 aromatic carbocycles. The summed E-state index contributed by atoms with van der Waals surface area (Å²) >= 11 is 1.31. The second-order valence-corrected chi connectivity index (χ2v) is 7.68. The van der Waals surface area contributed by atoms with E-state index in [4.69, 9.17) is 0 Å². The van der Waals surface area contributed by atoms with Crippen molar-refractivity contribution >= 4 is 46.3 Å². The van der Waals surface area contributed by atoms with Crippen molar-refractivity contribution in [3.63, 3.8) is 0 Å². The normalized spacial score (nSPS) is 12.6. The van der Waals surface area contributed by atoms with Crippen LogP contribution in [-0.2, 0) is 4.79 Å². The van der Waals surface area contributed by atoms with Crippen LogP contribution >= 0.6 is 11.3 Å². The quantitative estimate of drug-likeness (QED) is 0.643. The van der Waals surface area contributed by atoms with E-state index >= 15 is 0 Å². The summed E-state index contributed by atoms with van der Waals surface area (Å²) in [4.78, 5) is 52.9. The topological polar surface area (TPSA) is 86.8 Å². The van der Waals surface area contributed by atoms with Gasteiger partial charge in [0.2, 0.25) is 5.91 Å². The van der Waals surface area contributed by atoms with Crippen LogP contribution in [0.15, 0.2) is 66.0 Å². The lowest BCUT2D eigenvalue weighted by atomic mass is 10.1. The van der Waals surface area contributed by atoms with Gasteiger partial charge in [-0.3, -0.25) is 19.2 Å². The maximum Gasteiger partial charge on any atom is 0.266 e. The van der Waals surface area contributed by atoms with Crippen LogP contribution in [-0.4, -0.2) is 42.1 Å². The number of hydrogen-bond acceptors (Lipinski definition) is 5. The molecule has 4 rings (SSSR count). The first kappa shape index (κ1) is 19.5. The van der Waals surface area contributed by atoms with E-state index in [1.54, 1.807) is 73.1 Å². The van der Waals surface area contributed by atoms with Crippen molar-refractivity contribution in [2.24, 2.45) is 0 Å². The Morgan fingerprint density at radius 2 is 1.67 bits per heavy atom. The molecule has 0 atom stereocenters. The Bertz CT molecular complexity index is 1120. The van der Waals surface area contributed by atoms with E-state index in [9.17, 15) is 19.2 Å². The predicted molar refractivity (Wildman–Crippen MR) is 114 cm³/mol. The van der Waals surface area contributed by atoms with Gasteiger partial charge in [-0.1, -0.05) is 24.3 Å². The van der Waals surface area contributed by atoms with Crippen LogP contribution in [0.4, 0.5) is 11.4 Å². The molecule has 1 aliphatic heterocycles. The second kappa shape index (κ2) is 7.92. The number of carbonyl (C=O) groups excluding carboxylic acids is 4. The zero-order valence-electron chi connectivity index (χ0n) is 16.0. The fraction of sp³-hybridized carbons (Fsp3) is 0.0909. The van der Waals surface area contributed by atoms with Crippen molar-refractivity contribution < 1.29 is 19.2 Å². The Balaban J connectivity index is 1.47. The highest BCUT2D eigenvalue weighted by Gasteiger charge is 2.36. The highest BCUT2D eigenvalue weighted by Crippen LogP contribution is 2.29. The summed E-state index contributed by atoms with van der Waals surface area (Å²) in [6.45, 7) is -0.131. The molecule has 0 radical (unpaired) electrons. The van der Waals surface area contributed by atoms with Crippen molar-refractivity contribution in [3.8, 4) is 0 Å². The average Bonchev–Trinajstić information content (AvgIpc) is 3.35. The zero-order chi connectivity index (χ0) is 21.3. The van der Waals surface area contributed by atoms with Crippen LogP contribution in [0, 0.1) is 0 Å². The Hall–Kier alpha value is -3.78. The van der Waals surface area contributed by atoms with Gasteiger partial charge in [0.15, 0.2) is 0 Å². The first-order chi connectivity index (χ1) is 14.5. The summed E-state index contributed by atoms with van der Waals surface area (Å²) in [6.07, 6.45) is 0. The van der Waals surface area contributed by atoms with E-state index < -0.39 is 11.8 Å². The SMILES string of the molecule is CN(CC(=O)Nc1cccc(N2C(=O)c3ccccc3C2=O)c1)C(=O)c1cccs1. The number of fused-ring (bicyclic) bond motifs is 1. The molecule has 0 spiro atoms. The first-order valence-electron chi connectivity index (χ1n) is 9.12. The smallest absolute Gasteiger partial charge is 0.266 e. The van der Waals surface area contributed by atoms with E-state index in [0.29, 0.717) is 27.4 Å². The third kappa shape index (κ3) is 3.60. The molecule has 3 aromatic rings. The van der Waals surface area contributed by atoms with Crippen LogP contribution in [0.25, 0.3) is 0 Å². The number of likely N-dealkylation sites (N-methyl/N-ethyl adjacent to an activating group) is 1. The predicted octanol–water partition coefficient (Wildman–Crippen LogP) is 3.26. The molecule has 1 aromatic heterocycles. The first-order valence-corrected chi connectivity index (χ1v) is 10.0. The van der Waals surface area contributed by atoms with Crippen LogP contribution in [0.2, 0.25) is 0 Å². The van der Waals surface area contributed by atoms with Crippen molar-refractivity contribution in [2.75, 3.05) is 23.8 Å². The van der Waals surface area contributed by atoms with Gasteiger partial charge in [0, 0.05) is 12.7 Å². The van der Waals surface area contributed by atoms with Gasteiger partial charge in [0.25, 0.3) is 17.7 Å². The molecule has 2 heterocycles. The van der Waals surface area contributed by atoms with Crippen LogP contribution in [0.5, 0.6) is 0 Å². The molecule has 1 aliphatic rings. The van der Waals surface area contributed by atoms with E-state index in [0.717, 1.165) is 4.90 Å². The summed E-state index contributed by atoms with van der Waals surface area (Å²) in [5.74, 6) is -1.43. The molecule has 0 saturated heterocycles. The van der Waals surface area contributed by atoms with Gasteiger partial charge in [-0.15, -0.1) is 11.3 Å². The molecule has 1 N–H and O–H groups in total. The van der Waals surface area contributed by atoms with Crippen molar-refractivity contribution in [1.29, 1.82) is 0 Å². The number of thiophene rings is 1. The number of nitrogens with one attached hydrogen (secondary N) is 1. The number of amides is 4. The van der Waals surface area contributed by atoms with Gasteiger partial charge in [0.05, 0.1) is 28.2 Å². The minimum absolute atomic E-state index is 0.131. The van der Waals surface area contributed by atoms with Crippen molar-refractivity contribution in [2.45, 2.75) is 0 Å². The summed E-state index contributed by atoms with van der Waals surface area (Å²) < 4.78 is 0. The van der Waals surface area contributed by atoms with Crippen LogP contribution in [0.3, 0.4) is 0 Å². The maximum atomic E-state index is 12.6. The summed E-state index contributed by atoms with van der Waals surface area (Å²) in [7, 11) is 1.55. The van der Waals surface area contributed by atoms with Crippen molar-refractivity contribution in [3.05, 3.63) is 82.0 Å². The van der Waals surface area contributed by atoms with Gasteiger partial charge in [-0.05, 0) is 41.8 Å². The average molecular weight is 419 g/mol. The van der Waals surface area contributed by atoms with Gasteiger partial charge in [-0.2, -0.15) is 0 Å². The third-order valence-electron chi connectivity index (χ3n) is 4.64. The molecule has 0 aliphatic carbocycles. The largest absolute Gasteiger partial charge is 0.332 e. The Labute approximate surface area is 176 Å². The number of nitrogens with zero attached hydrogens (tertiary/aromatic N) is 2. The fourth-order valence-electron chi connectivity index (χ4n) is 3.22. The minimum atomic E-state index is -0.402. The van der Waals surface area contributed by atoms with Gasteiger partial charge < -0.3 is 10.2 Å². The Kier molecular flexibility index (Phi) is 5.16. The van der Waals surface area contributed by atoms with Crippen LogP contribution < -0.4 is 10.2 Å². The van der Waals surface area contributed by atoms with Crippen molar-refractivity contribution in [1.82, 2.24) is 4.90 Å². The third-order valence-corrected chi connectivity index (χ3v) is 5.50. The van der Waals surface area contributed by atoms with E-state index in [-0.39, 0.29) is 18.4 Å². The lowest BCUT2D eigenvalue weighted by Crippen LogP contribution is -2.34. The molecule has 0 fully saturated rings. The zero-order valence-corrected chi connectivity index (χ0v) is 16.8. The van der Waals surface area contributed by atoms with Gasteiger partial charge in [0.1, 0.15) is 0 Å². The standard InChI is InChI=1S/C22H17N3O4S/c1-24(22(29)18-10-5-11-30-18)13-19(26)23-14-6-4-7-15(12-14)25-20(27)16-8-2-3-9-17(16)21(25)28/h2-12H,13H2,1H3,(H,23,26). The number of hydrogen-bond donors (Lipinski definition) is 1. The monoisotopic (exact) mass is 419 g/mol. The van der Waals surface area contributed by atoms with Gasteiger partial charge >= 0.3 is 0 Å². The molecule has 30 heavy (non-hydrogen) atoms. The highest BCUT2D eigenvalue weighted by molar-refractivity contribution is 7.12. The molecular weight excluding hydrogens is 402 g/mol. The lowest BCUT2D eigenvalue weighted by molar-refractivity contribution is -0.116. The van der Waals surface area contributed by atoms with Crippen LogP contribution in [0.1, 0.15) is 30.4 Å². The molecule has 4 amide bonds. The number of imide groups is 1. The second-order valence-electron chi connectivity index (χ2n) is 6.73. The number of carbonyl (C=O) groups is 4. The van der Waals surface area contributed by atoms with E-state index in [1.807, 2.05) is 0 Å². The molecular formula is C22H17N3O4S. The number of benzene rings is 2. The molecule has 7 nitrogen and oxygen atoms in total. The Morgan fingerprint density at radius 3 is 2.30 bits per heavy atom. The summed E-state index contributed by atoms with van der Waals surface area (Å²) in [6, 6.07) is 16.6. The lowest BCUT2D eigenvalue weighted by Gasteiger charge is -2.17. The van der Waals surface area contributed by atoms with E-state index in [1.165, 1.54) is 16.2 Å². The van der Waals surface area contributed by atoms with Gasteiger partial charge in [-0.25, -0.2) is 4.90 Å². The molecule has 150 valence electrons. The number of rotatable bonds is 5. The summed E-state index contributed by atoms with van der Waals surface area (Å²) in [5.41, 5.74) is 1.49. The fourth-order valence-corrected chi connectivity index (χ4v) is 3.94. The number of anilines is 2. The maximum absolute atomic E-state index is 12.6. The molecule has 0 bridgehead atoms. The molecule has 0 unspecified atom stereocenters. The summed E-state index contributed by atoms with van der Waals surface area (Å²) in [5, 5.41) is 4.51. The Morgan fingerprint density at radius 1 is 0.967 bits per heavy atom.